The lowest BCUT2D eigenvalue weighted by atomic mass is 9.89. The van der Waals surface area contributed by atoms with Crippen LogP contribution in [0, 0.1) is 0 Å². The molecule has 0 fully saturated rings. The average Bonchev–Trinajstić information content (AvgIpc) is 2.76. The molecule has 154 valence electrons. The molecule has 3 rings (SSSR count). The monoisotopic (exact) mass is 413 g/mol. The van der Waals surface area contributed by atoms with E-state index in [-0.39, 0.29) is 24.1 Å². The summed E-state index contributed by atoms with van der Waals surface area (Å²) in [4.78, 5) is 25.1. The smallest absolute Gasteiger partial charge is 0.339 e. The Morgan fingerprint density at radius 3 is 2.59 bits per heavy atom. The zero-order valence-corrected chi connectivity index (χ0v) is 17.7. The first-order chi connectivity index (χ1) is 14.0. The molecular formula is C23H27NO4S. The van der Waals surface area contributed by atoms with Crippen molar-refractivity contribution in [1.29, 1.82) is 0 Å². The topological polar surface area (TPSA) is 72.5 Å². The molecule has 5 nitrogen and oxygen atoms in total. The number of esters is 1. The summed E-state index contributed by atoms with van der Waals surface area (Å²) in [7, 11) is -1.27. The fourth-order valence-corrected chi connectivity index (χ4v) is 4.53. The van der Waals surface area contributed by atoms with E-state index in [2.05, 4.69) is 23.5 Å². The molecule has 0 bridgehead atoms. The highest BCUT2D eigenvalue weighted by atomic mass is 32.2. The van der Waals surface area contributed by atoms with Crippen LogP contribution in [0.2, 0.25) is 0 Å². The SMILES string of the molecule is CC[S@@](=O)c1ccccc1C(=O)OCC(=O)N[C@H](C)c1ccc2c(c1)CCCC2. The number of carbonyl (C=O) groups is 2. The van der Waals surface area contributed by atoms with Crippen LogP contribution in [-0.2, 0) is 33.2 Å². The van der Waals surface area contributed by atoms with Crippen molar-refractivity contribution in [1.82, 2.24) is 5.32 Å². The summed E-state index contributed by atoms with van der Waals surface area (Å²) in [5, 5.41) is 2.88. The Morgan fingerprint density at radius 2 is 1.83 bits per heavy atom. The van der Waals surface area contributed by atoms with Gasteiger partial charge in [0.25, 0.3) is 5.91 Å². The first-order valence-electron chi connectivity index (χ1n) is 10.0. The van der Waals surface area contributed by atoms with Crippen LogP contribution in [0.1, 0.15) is 59.8 Å². The van der Waals surface area contributed by atoms with E-state index in [1.54, 1.807) is 31.2 Å². The van der Waals surface area contributed by atoms with Gasteiger partial charge in [0.1, 0.15) is 0 Å². The van der Waals surface area contributed by atoms with E-state index in [1.165, 1.54) is 24.0 Å². The minimum atomic E-state index is -1.27. The van der Waals surface area contributed by atoms with Gasteiger partial charge in [0.05, 0.1) is 27.3 Å². The van der Waals surface area contributed by atoms with Gasteiger partial charge in [0.2, 0.25) is 0 Å². The molecule has 1 N–H and O–H groups in total. The van der Waals surface area contributed by atoms with Gasteiger partial charge < -0.3 is 10.1 Å². The maximum Gasteiger partial charge on any atom is 0.339 e. The van der Waals surface area contributed by atoms with E-state index in [0.29, 0.717) is 10.6 Å². The Hall–Kier alpha value is -2.47. The molecular weight excluding hydrogens is 386 g/mol. The Balaban J connectivity index is 1.57. The Labute approximate surface area is 174 Å². The van der Waals surface area contributed by atoms with Gasteiger partial charge in [-0.05, 0) is 61.4 Å². The van der Waals surface area contributed by atoms with Crippen LogP contribution in [0.25, 0.3) is 0 Å². The number of ether oxygens (including phenoxy) is 1. The summed E-state index contributed by atoms with van der Waals surface area (Å²) < 4.78 is 17.3. The molecule has 1 amide bonds. The van der Waals surface area contributed by atoms with E-state index in [4.69, 9.17) is 4.74 Å². The van der Waals surface area contributed by atoms with Gasteiger partial charge in [0, 0.05) is 5.75 Å². The van der Waals surface area contributed by atoms with Crippen molar-refractivity contribution in [3.63, 3.8) is 0 Å². The van der Waals surface area contributed by atoms with Crippen molar-refractivity contribution in [3.05, 3.63) is 64.7 Å². The van der Waals surface area contributed by atoms with E-state index in [1.807, 2.05) is 6.92 Å². The number of hydrogen-bond donors (Lipinski definition) is 1. The van der Waals surface area contributed by atoms with Gasteiger partial charge in [-0.3, -0.25) is 9.00 Å². The molecule has 29 heavy (non-hydrogen) atoms. The third kappa shape index (κ3) is 5.32. The lowest BCUT2D eigenvalue weighted by Gasteiger charge is -2.20. The quantitative estimate of drug-likeness (QED) is 0.702. The highest BCUT2D eigenvalue weighted by molar-refractivity contribution is 7.85. The van der Waals surface area contributed by atoms with Gasteiger partial charge >= 0.3 is 5.97 Å². The number of nitrogens with one attached hydrogen (secondary N) is 1. The molecule has 1 aliphatic carbocycles. The van der Waals surface area contributed by atoms with Crippen molar-refractivity contribution in [3.8, 4) is 0 Å². The summed E-state index contributed by atoms with van der Waals surface area (Å²) in [5.74, 6) is -0.597. The van der Waals surface area contributed by atoms with Gasteiger partial charge in [0.15, 0.2) is 6.61 Å². The van der Waals surface area contributed by atoms with Crippen LogP contribution in [0.3, 0.4) is 0 Å². The average molecular weight is 414 g/mol. The van der Waals surface area contributed by atoms with E-state index in [0.717, 1.165) is 18.4 Å². The molecule has 6 heteroatoms. The van der Waals surface area contributed by atoms with Gasteiger partial charge in [-0.15, -0.1) is 0 Å². The molecule has 0 saturated heterocycles. The van der Waals surface area contributed by atoms with Crippen molar-refractivity contribution < 1.29 is 18.5 Å². The third-order valence-electron chi connectivity index (χ3n) is 5.20. The Bertz CT molecular complexity index is 925. The molecule has 2 aromatic rings. The normalized spacial score (nSPS) is 15.1. The number of carbonyl (C=O) groups excluding carboxylic acids is 2. The van der Waals surface area contributed by atoms with Crippen LogP contribution in [0.4, 0.5) is 0 Å². The van der Waals surface area contributed by atoms with E-state index < -0.39 is 16.8 Å². The number of rotatable bonds is 7. The molecule has 0 unspecified atom stereocenters. The van der Waals surface area contributed by atoms with Gasteiger partial charge in [-0.2, -0.15) is 0 Å². The maximum absolute atomic E-state index is 12.4. The van der Waals surface area contributed by atoms with Crippen LogP contribution < -0.4 is 5.32 Å². The number of hydrogen-bond acceptors (Lipinski definition) is 4. The summed E-state index contributed by atoms with van der Waals surface area (Å²) in [5.41, 5.74) is 4.05. The first kappa shape index (κ1) is 21.2. The second-order valence-electron chi connectivity index (χ2n) is 7.23. The number of amides is 1. The first-order valence-corrected chi connectivity index (χ1v) is 11.4. The minimum Gasteiger partial charge on any atom is -0.452 e. The highest BCUT2D eigenvalue weighted by Gasteiger charge is 2.18. The van der Waals surface area contributed by atoms with Crippen LogP contribution in [0.15, 0.2) is 47.4 Å². The summed E-state index contributed by atoms with van der Waals surface area (Å²) >= 11 is 0. The summed E-state index contributed by atoms with van der Waals surface area (Å²) in [6.45, 7) is 3.33. The maximum atomic E-state index is 12.4. The molecule has 2 aromatic carbocycles. The van der Waals surface area contributed by atoms with Crippen molar-refractivity contribution in [2.75, 3.05) is 12.4 Å². The van der Waals surface area contributed by atoms with Gasteiger partial charge in [-0.25, -0.2) is 4.79 Å². The fourth-order valence-electron chi connectivity index (χ4n) is 3.59. The Morgan fingerprint density at radius 1 is 1.10 bits per heavy atom. The predicted octanol–water partition coefficient (Wildman–Crippen LogP) is 3.73. The standard InChI is InChI=1S/C23H27NO4S/c1-3-29(27)21-11-7-6-10-20(21)23(26)28-15-22(25)24-16(2)18-13-12-17-8-4-5-9-19(17)14-18/h6-7,10-14,16H,3-5,8-9,15H2,1-2H3,(H,24,25)/t16-,29-/m1/s1. The van der Waals surface area contributed by atoms with Crippen LogP contribution in [0.5, 0.6) is 0 Å². The van der Waals surface area contributed by atoms with Crippen LogP contribution >= 0.6 is 0 Å². The largest absolute Gasteiger partial charge is 0.452 e. The second-order valence-corrected chi connectivity index (χ2v) is 8.94. The molecule has 0 saturated carbocycles. The van der Waals surface area contributed by atoms with Gasteiger partial charge in [-0.1, -0.05) is 37.3 Å². The highest BCUT2D eigenvalue weighted by Crippen LogP contribution is 2.24. The molecule has 0 heterocycles. The number of benzene rings is 2. The molecule has 0 radical (unpaired) electrons. The molecule has 2 atom stereocenters. The summed E-state index contributed by atoms with van der Waals surface area (Å²) in [6, 6.07) is 12.8. The molecule has 0 aliphatic heterocycles. The lowest BCUT2D eigenvalue weighted by Crippen LogP contribution is -2.31. The second kappa shape index (κ2) is 9.83. The van der Waals surface area contributed by atoms with Crippen LogP contribution in [-0.4, -0.2) is 28.4 Å². The van der Waals surface area contributed by atoms with Crippen molar-refractivity contribution in [2.45, 2.75) is 50.5 Å². The van der Waals surface area contributed by atoms with Crippen molar-refractivity contribution in [2.24, 2.45) is 0 Å². The lowest BCUT2D eigenvalue weighted by molar-refractivity contribution is -0.124. The number of fused-ring (bicyclic) bond motifs is 1. The predicted molar refractivity (Wildman–Crippen MR) is 113 cm³/mol. The zero-order valence-electron chi connectivity index (χ0n) is 16.9. The molecule has 1 aliphatic rings. The Kier molecular flexibility index (Phi) is 7.20. The minimum absolute atomic E-state index is 0.173. The number of aryl methyl sites for hydroxylation is 2. The molecule has 0 spiro atoms. The zero-order chi connectivity index (χ0) is 20.8. The summed E-state index contributed by atoms with van der Waals surface area (Å²) in [6.07, 6.45) is 4.65. The van der Waals surface area contributed by atoms with Crippen molar-refractivity contribution >= 4 is 22.7 Å². The third-order valence-corrected chi connectivity index (χ3v) is 6.57. The fraction of sp³-hybridized carbons (Fsp3) is 0.391. The molecule has 0 aromatic heterocycles. The van der Waals surface area contributed by atoms with E-state index >= 15 is 0 Å². The van der Waals surface area contributed by atoms with E-state index in [9.17, 15) is 13.8 Å².